The van der Waals surface area contributed by atoms with Crippen LogP contribution in [0.4, 0.5) is 0 Å². The Kier molecular flexibility index (Phi) is 4.44. The predicted molar refractivity (Wildman–Crippen MR) is 61.5 cm³/mol. The molecule has 0 bridgehead atoms. The van der Waals surface area contributed by atoms with Crippen molar-refractivity contribution in [2.45, 2.75) is 6.92 Å². The maximum Gasteiger partial charge on any atom is 0.143 e. The molecular formula is C12H14N2O. The standard InChI is InChI=1S/C9H7N.C3H7NO/c1-2-6-9-8(4-1)5-3-7-10-9;1-3(5)2-4/h1-7H;2,4H2,1H3. The maximum absolute atomic E-state index is 9.69. The second-order valence-corrected chi connectivity index (χ2v) is 3.10. The Hall–Kier alpha value is -1.74. The van der Waals surface area contributed by atoms with E-state index in [9.17, 15) is 4.79 Å². The van der Waals surface area contributed by atoms with E-state index in [1.165, 1.54) is 12.3 Å². The Balaban J connectivity index is 0.000000195. The molecule has 0 saturated heterocycles. The van der Waals surface area contributed by atoms with Gasteiger partial charge >= 0.3 is 0 Å². The molecule has 0 saturated carbocycles. The zero-order valence-electron chi connectivity index (χ0n) is 8.68. The number of benzene rings is 1. The molecule has 2 aromatic rings. The lowest BCUT2D eigenvalue weighted by molar-refractivity contribution is -0.115. The van der Waals surface area contributed by atoms with Gasteiger partial charge < -0.3 is 5.73 Å². The van der Waals surface area contributed by atoms with Crippen molar-refractivity contribution < 1.29 is 4.79 Å². The molecule has 3 heteroatoms. The second kappa shape index (κ2) is 5.88. The lowest BCUT2D eigenvalue weighted by atomic mass is 10.2. The van der Waals surface area contributed by atoms with Gasteiger partial charge in [0.05, 0.1) is 12.1 Å². The van der Waals surface area contributed by atoms with Crippen LogP contribution in [-0.2, 0) is 4.79 Å². The zero-order chi connectivity index (χ0) is 11.1. The molecule has 0 spiro atoms. The molecule has 0 radical (unpaired) electrons. The van der Waals surface area contributed by atoms with Gasteiger partial charge in [-0.2, -0.15) is 0 Å². The fourth-order valence-electron chi connectivity index (χ4n) is 1.02. The van der Waals surface area contributed by atoms with Crippen molar-refractivity contribution in [1.29, 1.82) is 0 Å². The maximum atomic E-state index is 9.69. The van der Waals surface area contributed by atoms with Crippen LogP contribution in [-0.4, -0.2) is 17.3 Å². The summed E-state index contributed by atoms with van der Waals surface area (Å²) in [4.78, 5) is 13.9. The molecule has 0 aliphatic heterocycles. The number of fused-ring (bicyclic) bond motifs is 1. The Morgan fingerprint density at radius 2 is 1.87 bits per heavy atom. The van der Waals surface area contributed by atoms with Gasteiger partial charge in [-0.25, -0.2) is 0 Å². The Labute approximate surface area is 88.9 Å². The molecular weight excluding hydrogens is 188 g/mol. The van der Waals surface area contributed by atoms with Crippen LogP contribution in [0.15, 0.2) is 42.6 Å². The van der Waals surface area contributed by atoms with Crippen molar-refractivity contribution in [1.82, 2.24) is 4.98 Å². The van der Waals surface area contributed by atoms with Crippen LogP contribution >= 0.6 is 0 Å². The van der Waals surface area contributed by atoms with Crippen molar-refractivity contribution in [3.05, 3.63) is 42.6 Å². The number of nitrogens with two attached hydrogens (primary N) is 1. The van der Waals surface area contributed by atoms with Crippen LogP contribution in [0.25, 0.3) is 10.9 Å². The molecule has 0 aliphatic rings. The lowest BCUT2D eigenvalue weighted by Crippen LogP contribution is -2.07. The molecule has 1 aromatic heterocycles. The van der Waals surface area contributed by atoms with E-state index in [2.05, 4.69) is 17.1 Å². The third-order valence-electron chi connectivity index (χ3n) is 1.80. The molecule has 2 N–H and O–H groups in total. The Bertz CT molecular complexity index is 375. The third-order valence-corrected chi connectivity index (χ3v) is 1.80. The number of carbonyl (C=O) groups excluding carboxylic acids is 1. The normalized spacial score (nSPS) is 9.20. The number of aromatic nitrogens is 1. The highest BCUT2D eigenvalue weighted by Crippen LogP contribution is 2.07. The fraction of sp³-hybridized carbons (Fsp3) is 0.167. The first-order chi connectivity index (χ1) is 7.24. The summed E-state index contributed by atoms with van der Waals surface area (Å²) in [7, 11) is 0. The van der Waals surface area contributed by atoms with Crippen molar-refractivity contribution in [3.63, 3.8) is 0 Å². The first-order valence-electron chi connectivity index (χ1n) is 4.73. The van der Waals surface area contributed by atoms with Gasteiger partial charge in [-0.1, -0.05) is 24.3 Å². The van der Waals surface area contributed by atoms with Gasteiger partial charge in [-0.05, 0) is 19.1 Å². The summed E-state index contributed by atoms with van der Waals surface area (Å²) in [6.07, 6.45) is 1.81. The summed E-state index contributed by atoms with van der Waals surface area (Å²) in [6, 6.07) is 12.1. The van der Waals surface area contributed by atoms with Crippen LogP contribution < -0.4 is 5.73 Å². The molecule has 0 aliphatic carbocycles. The van der Waals surface area contributed by atoms with Crippen molar-refractivity contribution >= 4 is 16.7 Å². The van der Waals surface area contributed by atoms with Crippen LogP contribution in [0.5, 0.6) is 0 Å². The van der Waals surface area contributed by atoms with Crippen molar-refractivity contribution in [2.75, 3.05) is 6.54 Å². The van der Waals surface area contributed by atoms with Crippen LogP contribution in [0.1, 0.15) is 6.92 Å². The van der Waals surface area contributed by atoms with Gasteiger partial charge in [0.15, 0.2) is 0 Å². The minimum atomic E-state index is 0.0324. The number of hydrogen-bond donors (Lipinski definition) is 1. The molecule has 1 heterocycles. The quantitative estimate of drug-likeness (QED) is 0.766. The molecule has 78 valence electrons. The van der Waals surface area contributed by atoms with Crippen LogP contribution in [0, 0.1) is 0 Å². The predicted octanol–water partition coefficient (Wildman–Crippen LogP) is 1.77. The van der Waals surface area contributed by atoms with Crippen LogP contribution in [0.3, 0.4) is 0 Å². The highest BCUT2D eigenvalue weighted by Gasteiger charge is 1.86. The molecule has 3 nitrogen and oxygen atoms in total. The average Bonchev–Trinajstić information content (AvgIpc) is 2.30. The molecule has 0 amide bonds. The first-order valence-corrected chi connectivity index (χ1v) is 4.73. The molecule has 1 aromatic carbocycles. The van der Waals surface area contributed by atoms with Crippen LogP contribution in [0.2, 0.25) is 0 Å². The number of rotatable bonds is 1. The zero-order valence-corrected chi connectivity index (χ0v) is 8.68. The molecule has 15 heavy (non-hydrogen) atoms. The fourth-order valence-corrected chi connectivity index (χ4v) is 1.02. The summed E-state index contributed by atoms with van der Waals surface area (Å²) in [6.45, 7) is 1.62. The SMILES string of the molecule is CC(=O)CN.c1ccc2ncccc2c1. The average molecular weight is 202 g/mol. The van der Waals surface area contributed by atoms with E-state index < -0.39 is 0 Å². The highest BCUT2D eigenvalue weighted by molar-refractivity contribution is 5.77. The minimum absolute atomic E-state index is 0.0324. The summed E-state index contributed by atoms with van der Waals surface area (Å²) in [5.74, 6) is 0.0324. The molecule has 0 fully saturated rings. The lowest BCUT2D eigenvalue weighted by Gasteiger charge is -1.91. The highest BCUT2D eigenvalue weighted by atomic mass is 16.1. The first kappa shape index (κ1) is 11.3. The van der Waals surface area contributed by atoms with E-state index >= 15 is 0 Å². The molecule has 0 atom stereocenters. The summed E-state index contributed by atoms with van der Waals surface area (Å²) < 4.78 is 0. The van der Waals surface area contributed by atoms with Gasteiger partial charge in [0.1, 0.15) is 5.78 Å². The monoisotopic (exact) mass is 202 g/mol. The second-order valence-electron chi connectivity index (χ2n) is 3.10. The number of hydrogen-bond acceptors (Lipinski definition) is 3. The van der Waals surface area contributed by atoms with Gasteiger partial charge in [0.2, 0.25) is 0 Å². The summed E-state index contributed by atoms with van der Waals surface area (Å²) >= 11 is 0. The summed E-state index contributed by atoms with van der Waals surface area (Å²) in [5, 5.41) is 1.20. The van der Waals surface area contributed by atoms with E-state index in [-0.39, 0.29) is 12.3 Å². The van der Waals surface area contributed by atoms with E-state index in [0.717, 1.165) is 5.52 Å². The van der Waals surface area contributed by atoms with Crippen molar-refractivity contribution in [2.24, 2.45) is 5.73 Å². The Morgan fingerprint density at radius 1 is 1.27 bits per heavy atom. The summed E-state index contributed by atoms with van der Waals surface area (Å²) in [5.41, 5.74) is 5.88. The Morgan fingerprint density at radius 3 is 2.47 bits per heavy atom. The third kappa shape index (κ3) is 3.87. The van der Waals surface area contributed by atoms with E-state index in [4.69, 9.17) is 5.73 Å². The van der Waals surface area contributed by atoms with Gasteiger partial charge in [0.25, 0.3) is 0 Å². The number of pyridine rings is 1. The van der Waals surface area contributed by atoms with E-state index in [1.807, 2.05) is 30.5 Å². The van der Waals surface area contributed by atoms with E-state index in [1.54, 1.807) is 0 Å². The number of carbonyl (C=O) groups is 1. The van der Waals surface area contributed by atoms with Gasteiger partial charge in [0, 0.05) is 11.6 Å². The topological polar surface area (TPSA) is 56.0 Å². The molecule has 2 rings (SSSR count). The minimum Gasteiger partial charge on any atom is -0.324 e. The molecule has 0 unspecified atom stereocenters. The number of ketones is 1. The smallest absolute Gasteiger partial charge is 0.143 e. The number of nitrogens with zero attached hydrogens (tertiary/aromatic N) is 1. The van der Waals surface area contributed by atoms with E-state index in [0.29, 0.717) is 0 Å². The van der Waals surface area contributed by atoms with Gasteiger partial charge in [-0.3, -0.25) is 9.78 Å². The number of Topliss-reactive ketones (excluding diaryl/α,β-unsaturated/α-hetero) is 1. The van der Waals surface area contributed by atoms with Crippen molar-refractivity contribution in [3.8, 4) is 0 Å². The largest absolute Gasteiger partial charge is 0.324 e. The number of para-hydroxylation sites is 1. The van der Waals surface area contributed by atoms with Gasteiger partial charge in [-0.15, -0.1) is 0 Å².